The summed E-state index contributed by atoms with van der Waals surface area (Å²) in [5, 5.41) is 0. The molecule has 0 aliphatic heterocycles. The highest BCUT2D eigenvalue weighted by atomic mass is 14.3. The van der Waals surface area contributed by atoms with Crippen LogP contribution in [0.15, 0.2) is 0 Å². The fourth-order valence-electron chi connectivity index (χ4n) is 2.72. The van der Waals surface area contributed by atoms with Crippen molar-refractivity contribution in [3.8, 4) is 0 Å². The summed E-state index contributed by atoms with van der Waals surface area (Å²) in [4.78, 5) is 0. The number of rotatable bonds is 6. The molecular formula is C14H28. The summed E-state index contributed by atoms with van der Waals surface area (Å²) in [6.45, 7) is 7.11. The summed E-state index contributed by atoms with van der Waals surface area (Å²) in [7, 11) is 0. The molecule has 0 aromatic rings. The average Bonchev–Trinajstić information content (AvgIpc) is 2.58. The Morgan fingerprint density at radius 1 is 1.21 bits per heavy atom. The minimum atomic E-state index is 0.956. The monoisotopic (exact) mass is 196 g/mol. The zero-order chi connectivity index (χ0) is 10.4. The molecular weight excluding hydrogens is 168 g/mol. The lowest BCUT2D eigenvalue weighted by molar-refractivity contribution is 0.422. The van der Waals surface area contributed by atoms with Crippen molar-refractivity contribution in [3.63, 3.8) is 0 Å². The molecule has 84 valence electrons. The summed E-state index contributed by atoms with van der Waals surface area (Å²) in [6, 6.07) is 0. The molecule has 1 rings (SSSR count). The Bertz CT molecular complexity index is 139. The molecule has 0 nitrogen and oxygen atoms in total. The minimum absolute atomic E-state index is 0.956. The molecule has 0 aromatic carbocycles. The number of unbranched alkanes of at least 4 members (excludes halogenated alkanes) is 1. The Hall–Kier alpha value is 0. The second-order valence-electron chi connectivity index (χ2n) is 5.58. The van der Waals surface area contributed by atoms with Gasteiger partial charge in [-0.25, -0.2) is 0 Å². The van der Waals surface area contributed by atoms with Gasteiger partial charge in [0.15, 0.2) is 0 Å². The molecule has 1 fully saturated rings. The van der Waals surface area contributed by atoms with Crippen LogP contribution in [0.3, 0.4) is 0 Å². The molecule has 3 unspecified atom stereocenters. The molecule has 0 saturated heterocycles. The lowest BCUT2D eigenvalue weighted by Gasteiger charge is -2.11. The molecule has 3 atom stereocenters. The van der Waals surface area contributed by atoms with E-state index in [1.165, 1.54) is 51.4 Å². The zero-order valence-corrected chi connectivity index (χ0v) is 10.4. The highest BCUT2D eigenvalue weighted by Gasteiger charge is 2.20. The van der Waals surface area contributed by atoms with Crippen LogP contribution in [0.5, 0.6) is 0 Å². The van der Waals surface area contributed by atoms with Gasteiger partial charge in [-0.2, -0.15) is 0 Å². The summed E-state index contributed by atoms with van der Waals surface area (Å²) in [5.74, 6) is 3.06. The molecule has 0 radical (unpaired) electrons. The molecule has 1 aliphatic carbocycles. The Morgan fingerprint density at radius 2 is 2.00 bits per heavy atom. The van der Waals surface area contributed by atoms with Crippen molar-refractivity contribution in [3.05, 3.63) is 0 Å². The topological polar surface area (TPSA) is 0 Å². The first-order valence-electron chi connectivity index (χ1n) is 6.72. The third-order valence-corrected chi connectivity index (χ3v) is 4.06. The summed E-state index contributed by atoms with van der Waals surface area (Å²) >= 11 is 0. The van der Waals surface area contributed by atoms with Gasteiger partial charge in [-0.3, -0.25) is 0 Å². The van der Waals surface area contributed by atoms with Gasteiger partial charge in [-0.1, -0.05) is 65.7 Å². The van der Waals surface area contributed by atoms with Gasteiger partial charge < -0.3 is 0 Å². The predicted octanol–water partition coefficient (Wildman–Crippen LogP) is 5.03. The van der Waals surface area contributed by atoms with Gasteiger partial charge in [0.2, 0.25) is 0 Å². The van der Waals surface area contributed by atoms with Gasteiger partial charge in [0, 0.05) is 0 Å². The molecule has 1 saturated carbocycles. The molecule has 0 N–H and O–H groups in total. The molecule has 0 amide bonds. The average molecular weight is 196 g/mol. The fraction of sp³-hybridized carbons (Fsp3) is 1.00. The Kier molecular flexibility index (Phi) is 5.59. The van der Waals surface area contributed by atoms with E-state index in [1.54, 1.807) is 0 Å². The van der Waals surface area contributed by atoms with E-state index < -0.39 is 0 Å². The van der Waals surface area contributed by atoms with Crippen molar-refractivity contribution in [1.82, 2.24) is 0 Å². The van der Waals surface area contributed by atoms with Crippen LogP contribution in [0, 0.1) is 17.8 Å². The third kappa shape index (κ3) is 4.48. The number of hydrogen-bond donors (Lipinski definition) is 0. The molecule has 0 bridgehead atoms. The van der Waals surface area contributed by atoms with E-state index in [2.05, 4.69) is 20.8 Å². The minimum Gasteiger partial charge on any atom is -0.0651 e. The van der Waals surface area contributed by atoms with Gasteiger partial charge in [0.1, 0.15) is 0 Å². The van der Waals surface area contributed by atoms with Gasteiger partial charge >= 0.3 is 0 Å². The maximum Gasteiger partial charge on any atom is -0.0412 e. The van der Waals surface area contributed by atoms with Crippen LogP contribution in [0.25, 0.3) is 0 Å². The van der Waals surface area contributed by atoms with E-state index in [4.69, 9.17) is 0 Å². The van der Waals surface area contributed by atoms with Crippen molar-refractivity contribution < 1.29 is 0 Å². The Morgan fingerprint density at radius 3 is 2.57 bits per heavy atom. The fourth-order valence-corrected chi connectivity index (χ4v) is 2.72. The molecule has 14 heavy (non-hydrogen) atoms. The van der Waals surface area contributed by atoms with Crippen LogP contribution in [0.2, 0.25) is 0 Å². The summed E-state index contributed by atoms with van der Waals surface area (Å²) in [5.41, 5.74) is 0. The van der Waals surface area contributed by atoms with Crippen LogP contribution in [-0.2, 0) is 0 Å². The summed E-state index contributed by atoms with van der Waals surface area (Å²) < 4.78 is 0. The van der Waals surface area contributed by atoms with Crippen LogP contribution in [0.1, 0.15) is 72.1 Å². The standard InChI is InChI=1S/C14H28/c1-4-12(2)7-5-6-8-14-10-9-13(3)11-14/h12-14H,4-11H2,1-3H3. The van der Waals surface area contributed by atoms with Gasteiger partial charge in [-0.05, 0) is 24.2 Å². The van der Waals surface area contributed by atoms with Crippen molar-refractivity contribution in [2.75, 3.05) is 0 Å². The first-order valence-corrected chi connectivity index (χ1v) is 6.72. The van der Waals surface area contributed by atoms with Crippen LogP contribution < -0.4 is 0 Å². The van der Waals surface area contributed by atoms with Crippen molar-refractivity contribution in [2.24, 2.45) is 17.8 Å². The van der Waals surface area contributed by atoms with Gasteiger partial charge in [0.25, 0.3) is 0 Å². The van der Waals surface area contributed by atoms with Crippen molar-refractivity contribution >= 4 is 0 Å². The predicted molar refractivity (Wildman–Crippen MR) is 64.4 cm³/mol. The first kappa shape index (κ1) is 12.1. The van der Waals surface area contributed by atoms with Gasteiger partial charge in [-0.15, -0.1) is 0 Å². The largest absolute Gasteiger partial charge is 0.0651 e. The van der Waals surface area contributed by atoms with Crippen molar-refractivity contribution in [1.29, 1.82) is 0 Å². The van der Waals surface area contributed by atoms with Gasteiger partial charge in [0.05, 0.1) is 0 Å². The molecule has 0 heteroatoms. The summed E-state index contributed by atoms with van der Waals surface area (Å²) in [6.07, 6.45) is 11.8. The molecule has 0 heterocycles. The van der Waals surface area contributed by atoms with E-state index >= 15 is 0 Å². The van der Waals surface area contributed by atoms with Crippen LogP contribution >= 0.6 is 0 Å². The lowest BCUT2D eigenvalue weighted by atomic mass is 9.95. The van der Waals surface area contributed by atoms with Crippen LogP contribution in [-0.4, -0.2) is 0 Å². The van der Waals surface area contributed by atoms with E-state index in [-0.39, 0.29) is 0 Å². The maximum absolute atomic E-state index is 2.42. The highest BCUT2D eigenvalue weighted by molar-refractivity contribution is 4.72. The quantitative estimate of drug-likeness (QED) is 0.523. The second-order valence-corrected chi connectivity index (χ2v) is 5.58. The molecule has 0 aromatic heterocycles. The lowest BCUT2D eigenvalue weighted by Crippen LogP contribution is -1.96. The normalized spacial score (nSPS) is 29.4. The third-order valence-electron chi connectivity index (χ3n) is 4.06. The van der Waals surface area contributed by atoms with E-state index in [0.29, 0.717) is 0 Å². The maximum atomic E-state index is 2.42. The SMILES string of the molecule is CCC(C)CCCCC1CCC(C)C1. The van der Waals surface area contributed by atoms with Crippen LogP contribution in [0.4, 0.5) is 0 Å². The van der Waals surface area contributed by atoms with E-state index in [9.17, 15) is 0 Å². The number of hydrogen-bond acceptors (Lipinski definition) is 0. The smallest absolute Gasteiger partial charge is 0.0412 e. The second kappa shape index (κ2) is 6.48. The molecule has 0 spiro atoms. The van der Waals surface area contributed by atoms with E-state index in [0.717, 1.165) is 17.8 Å². The molecule has 1 aliphatic rings. The first-order chi connectivity index (χ1) is 6.72. The Balaban J connectivity index is 1.94. The van der Waals surface area contributed by atoms with Crippen molar-refractivity contribution in [2.45, 2.75) is 72.1 Å². The Labute approximate surface area is 90.5 Å². The zero-order valence-electron chi connectivity index (χ0n) is 10.4. The highest BCUT2D eigenvalue weighted by Crippen LogP contribution is 2.33. The van der Waals surface area contributed by atoms with E-state index in [1.807, 2.05) is 0 Å².